The van der Waals surface area contributed by atoms with E-state index in [1.54, 1.807) is 31.4 Å². The summed E-state index contributed by atoms with van der Waals surface area (Å²) in [6, 6.07) is 22.1. The van der Waals surface area contributed by atoms with E-state index >= 15 is 0 Å². The Morgan fingerprint density at radius 1 is 0.971 bits per heavy atom. The summed E-state index contributed by atoms with van der Waals surface area (Å²) in [5.41, 5.74) is 6.57. The van der Waals surface area contributed by atoms with Crippen molar-refractivity contribution >= 4 is 34.8 Å². The van der Waals surface area contributed by atoms with Crippen LogP contribution in [0, 0.1) is 0 Å². The summed E-state index contributed by atoms with van der Waals surface area (Å²) in [4.78, 5) is 20.6. The number of nitrogens with one attached hydrogen (secondary N) is 1. The van der Waals surface area contributed by atoms with E-state index in [4.69, 9.17) is 26.4 Å². The number of carbonyl (C=O) groups is 1. The molecule has 0 amide bonds. The lowest BCUT2D eigenvalue weighted by atomic mass is 9.92. The van der Waals surface area contributed by atoms with Gasteiger partial charge in [-0.2, -0.15) is 0 Å². The van der Waals surface area contributed by atoms with Crippen LogP contribution in [-0.2, 0) is 6.54 Å². The molecule has 0 radical (unpaired) electrons. The van der Waals surface area contributed by atoms with Gasteiger partial charge in [-0.15, -0.1) is 0 Å². The number of aliphatic imine (C=N–C) groups is 1. The summed E-state index contributed by atoms with van der Waals surface area (Å²) in [6.07, 6.45) is 1.82. The zero-order valence-corrected chi connectivity index (χ0v) is 19.0. The van der Waals surface area contributed by atoms with Crippen molar-refractivity contribution in [2.75, 3.05) is 12.4 Å². The number of halogens is 1. The van der Waals surface area contributed by atoms with Crippen molar-refractivity contribution < 1.29 is 14.6 Å². The summed E-state index contributed by atoms with van der Waals surface area (Å²) in [5.74, 6) is 0.419. The fraction of sp³-hybridized carbons (Fsp3) is 0.0741. The van der Waals surface area contributed by atoms with E-state index < -0.39 is 5.97 Å². The van der Waals surface area contributed by atoms with Crippen molar-refractivity contribution in [2.45, 2.75) is 6.54 Å². The van der Waals surface area contributed by atoms with Gasteiger partial charge in [0.25, 0.3) is 0 Å². The van der Waals surface area contributed by atoms with Gasteiger partial charge >= 0.3 is 5.97 Å². The van der Waals surface area contributed by atoms with Crippen LogP contribution in [0.4, 0.5) is 11.5 Å². The third-order valence-electron chi connectivity index (χ3n) is 5.69. The van der Waals surface area contributed by atoms with Crippen LogP contribution in [0.5, 0.6) is 5.75 Å². The first-order valence-electron chi connectivity index (χ1n) is 10.6. The molecule has 2 heterocycles. The van der Waals surface area contributed by atoms with Crippen LogP contribution < -0.4 is 10.1 Å². The van der Waals surface area contributed by atoms with Crippen LogP contribution in [0.1, 0.15) is 27.0 Å². The van der Waals surface area contributed by atoms with Gasteiger partial charge in [-0.25, -0.2) is 9.78 Å². The minimum atomic E-state index is -0.962. The fourth-order valence-corrected chi connectivity index (χ4v) is 4.21. The average molecular weight is 470 g/mol. The molecule has 0 fully saturated rings. The topological polar surface area (TPSA) is 83.8 Å². The van der Waals surface area contributed by atoms with Crippen LogP contribution in [0.3, 0.4) is 0 Å². The normalized spacial score (nSPS) is 12.1. The third-order valence-corrected chi connectivity index (χ3v) is 5.92. The first-order valence-corrected chi connectivity index (χ1v) is 11.0. The predicted molar refractivity (Wildman–Crippen MR) is 134 cm³/mol. The van der Waals surface area contributed by atoms with Crippen molar-refractivity contribution in [1.82, 2.24) is 4.98 Å². The number of carboxylic acids is 1. The van der Waals surface area contributed by atoms with Crippen LogP contribution in [0.2, 0.25) is 5.02 Å². The average Bonchev–Trinajstić information content (AvgIpc) is 3.00. The van der Waals surface area contributed by atoms with Gasteiger partial charge in [0.2, 0.25) is 0 Å². The molecule has 0 atom stereocenters. The molecule has 0 aliphatic carbocycles. The molecule has 1 aliphatic heterocycles. The van der Waals surface area contributed by atoms with Crippen molar-refractivity contribution in [3.8, 4) is 16.9 Å². The molecule has 0 bridgehead atoms. The molecular formula is C27H20ClN3O3. The van der Waals surface area contributed by atoms with E-state index in [2.05, 4.69) is 10.3 Å². The highest BCUT2D eigenvalue weighted by Crippen LogP contribution is 2.37. The molecule has 34 heavy (non-hydrogen) atoms. The van der Waals surface area contributed by atoms with Gasteiger partial charge in [0.1, 0.15) is 11.6 Å². The SMILES string of the molecule is COc1ccccc1C1=NCc2cnc(Nc3ccc(C(=O)O)cc3)cc2-c2ccc(Cl)cc21. The number of para-hydroxylation sites is 1. The molecule has 168 valence electrons. The number of nitrogens with zero attached hydrogens (tertiary/aromatic N) is 2. The number of benzene rings is 3. The lowest BCUT2D eigenvalue weighted by Gasteiger charge is -2.15. The lowest BCUT2D eigenvalue weighted by molar-refractivity contribution is 0.0697. The molecule has 0 unspecified atom stereocenters. The number of ether oxygens (including phenoxy) is 1. The Hall–Kier alpha value is -4.16. The number of pyridine rings is 1. The van der Waals surface area contributed by atoms with E-state index in [9.17, 15) is 4.79 Å². The van der Waals surface area contributed by atoms with Crippen LogP contribution in [0.25, 0.3) is 11.1 Å². The monoisotopic (exact) mass is 469 g/mol. The highest BCUT2D eigenvalue weighted by molar-refractivity contribution is 6.31. The summed E-state index contributed by atoms with van der Waals surface area (Å²) in [5, 5.41) is 13.0. The number of hydrogen-bond acceptors (Lipinski definition) is 5. The molecule has 0 saturated heterocycles. The van der Waals surface area contributed by atoms with Crippen molar-refractivity contribution in [2.24, 2.45) is 4.99 Å². The third kappa shape index (κ3) is 4.11. The maximum atomic E-state index is 11.1. The molecule has 6 nitrogen and oxygen atoms in total. The number of aromatic carboxylic acids is 1. The van der Waals surface area contributed by atoms with E-state index in [0.29, 0.717) is 17.4 Å². The minimum Gasteiger partial charge on any atom is -0.496 e. The molecule has 5 rings (SSSR count). The van der Waals surface area contributed by atoms with Gasteiger partial charge in [0.05, 0.1) is 24.9 Å². The Bertz CT molecular complexity index is 1430. The Balaban J connectivity index is 1.58. The van der Waals surface area contributed by atoms with Gasteiger partial charge < -0.3 is 15.2 Å². The molecule has 1 aliphatic rings. The number of aromatic nitrogens is 1. The molecule has 0 spiro atoms. The first-order chi connectivity index (χ1) is 16.5. The van der Waals surface area contributed by atoms with Crippen molar-refractivity contribution in [1.29, 1.82) is 0 Å². The van der Waals surface area contributed by atoms with Gasteiger partial charge in [-0.05, 0) is 71.3 Å². The number of rotatable bonds is 5. The number of carboxylic acid groups (broad SMARTS) is 1. The molecule has 1 aromatic heterocycles. The quantitative estimate of drug-likeness (QED) is 0.363. The summed E-state index contributed by atoms with van der Waals surface area (Å²) >= 11 is 6.40. The number of hydrogen-bond donors (Lipinski definition) is 2. The molecule has 4 aromatic rings. The zero-order valence-electron chi connectivity index (χ0n) is 18.2. The van der Waals surface area contributed by atoms with Crippen LogP contribution >= 0.6 is 11.6 Å². The first kappa shape index (κ1) is 21.7. The summed E-state index contributed by atoms with van der Waals surface area (Å²) in [6.45, 7) is 0.454. The second-order valence-corrected chi connectivity index (χ2v) is 8.23. The lowest BCUT2D eigenvalue weighted by Crippen LogP contribution is -2.06. The number of anilines is 2. The molecule has 2 N–H and O–H groups in total. The molecule has 3 aromatic carbocycles. The summed E-state index contributed by atoms with van der Waals surface area (Å²) < 4.78 is 5.60. The zero-order chi connectivity index (χ0) is 23.7. The van der Waals surface area contributed by atoms with E-state index in [1.165, 1.54) is 0 Å². The van der Waals surface area contributed by atoms with Crippen molar-refractivity contribution in [3.63, 3.8) is 0 Å². The molecule has 7 heteroatoms. The minimum absolute atomic E-state index is 0.229. The van der Waals surface area contributed by atoms with E-state index in [0.717, 1.165) is 45.0 Å². The predicted octanol–water partition coefficient (Wildman–Crippen LogP) is 6.20. The van der Waals surface area contributed by atoms with Gasteiger partial charge in [0.15, 0.2) is 0 Å². The fourth-order valence-electron chi connectivity index (χ4n) is 4.04. The van der Waals surface area contributed by atoms with E-state index in [1.807, 2.05) is 54.7 Å². The maximum Gasteiger partial charge on any atom is 0.335 e. The largest absolute Gasteiger partial charge is 0.496 e. The number of fused-ring (bicyclic) bond motifs is 3. The Morgan fingerprint density at radius 3 is 2.53 bits per heavy atom. The highest BCUT2D eigenvalue weighted by Gasteiger charge is 2.22. The maximum absolute atomic E-state index is 11.1. The van der Waals surface area contributed by atoms with Gasteiger partial charge in [-0.3, -0.25) is 4.99 Å². The molecular weight excluding hydrogens is 450 g/mol. The Morgan fingerprint density at radius 2 is 1.76 bits per heavy atom. The van der Waals surface area contributed by atoms with Gasteiger partial charge in [-0.1, -0.05) is 29.8 Å². The summed E-state index contributed by atoms with van der Waals surface area (Å²) in [7, 11) is 1.65. The van der Waals surface area contributed by atoms with Crippen molar-refractivity contribution in [3.05, 3.63) is 106 Å². The number of methoxy groups -OCH3 is 1. The highest BCUT2D eigenvalue weighted by atomic mass is 35.5. The second kappa shape index (κ2) is 9.00. The smallest absolute Gasteiger partial charge is 0.335 e. The standard InChI is InChI=1S/C27H20ClN3O3/c1-34-24-5-3-2-4-21(24)26-23-12-18(28)8-11-20(23)22-13-25(29-14-17(22)15-30-26)31-19-9-6-16(7-10-19)27(32)33/h2-14H,15H2,1H3,(H,29,31)(H,32,33). The van der Waals surface area contributed by atoms with Crippen LogP contribution in [-0.4, -0.2) is 28.9 Å². The van der Waals surface area contributed by atoms with Gasteiger partial charge in [0, 0.05) is 28.0 Å². The Kier molecular flexibility index (Phi) is 5.74. The van der Waals surface area contributed by atoms with E-state index in [-0.39, 0.29) is 5.56 Å². The second-order valence-electron chi connectivity index (χ2n) is 7.79. The molecule has 0 saturated carbocycles. The van der Waals surface area contributed by atoms with Crippen LogP contribution in [0.15, 0.2) is 84.0 Å². The Labute approximate surface area is 201 Å².